The van der Waals surface area contributed by atoms with Crippen LogP contribution in [-0.4, -0.2) is 31.4 Å². The second-order valence-electron chi connectivity index (χ2n) is 4.33. The summed E-state index contributed by atoms with van der Waals surface area (Å²) >= 11 is 0. The van der Waals surface area contributed by atoms with Gasteiger partial charge in [-0.25, -0.2) is 4.98 Å². The molecule has 3 rings (SSSR count). The van der Waals surface area contributed by atoms with E-state index in [9.17, 15) is 5.11 Å². The third-order valence-corrected chi connectivity index (χ3v) is 3.02. The average molecular weight is 218 g/mol. The molecule has 0 aliphatic heterocycles. The fourth-order valence-electron chi connectivity index (χ4n) is 2.19. The van der Waals surface area contributed by atoms with Crippen molar-refractivity contribution in [3.05, 3.63) is 23.1 Å². The molecule has 0 radical (unpaired) electrons. The third kappa shape index (κ3) is 1.53. The normalized spacial score (nSPS) is 19.8. The minimum Gasteiger partial charge on any atom is -0.393 e. The molecule has 2 heterocycles. The SMILES string of the molecule is Cc1nc(-c2cc3c([nH]2)CC(O)CC3)n[nH]1. The first-order valence-corrected chi connectivity index (χ1v) is 5.50. The minimum atomic E-state index is -0.215. The maximum atomic E-state index is 9.58. The molecule has 0 fully saturated rings. The van der Waals surface area contributed by atoms with Crippen molar-refractivity contribution in [3.8, 4) is 11.5 Å². The molecule has 1 aliphatic rings. The Morgan fingerprint density at radius 2 is 2.38 bits per heavy atom. The summed E-state index contributed by atoms with van der Waals surface area (Å²) in [4.78, 5) is 7.57. The van der Waals surface area contributed by atoms with E-state index in [1.807, 2.05) is 6.92 Å². The van der Waals surface area contributed by atoms with E-state index in [2.05, 4.69) is 26.2 Å². The van der Waals surface area contributed by atoms with Crippen LogP contribution in [0.25, 0.3) is 11.5 Å². The zero-order valence-electron chi connectivity index (χ0n) is 9.12. The van der Waals surface area contributed by atoms with Gasteiger partial charge < -0.3 is 10.1 Å². The highest BCUT2D eigenvalue weighted by Crippen LogP contribution is 2.25. The van der Waals surface area contributed by atoms with Crippen LogP contribution in [0.15, 0.2) is 6.07 Å². The standard InChI is InChI=1S/C11H14N4O/c1-6-12-11(15-14-6)10-4-7-2-3-8(16)5-9(7)13-10/h4,8,13,16H,2-3,5H2,1H3,(H,12,14,15). The van der Waals surface area contributed by atoms with Crippen molar-refractivity contribution in [3.63, 3.8) is 0 Å². The van der Waals surface area contributed by atoms with Gasteiger partial charge in [0.15, 0.2) is 5.82 Å². The summed E-state index contributed by atoms with van der Waals surface area (Å²) in [6, 6.07) is 2.09. The molecule has 0 amide bonds. The van der Waals surface area contributed by atoms with Gasteiger partial charge in [-0.15, -0.1) is 0 Å². The number of H-pyrrole nitrogens is 2. The van der Waals surface area contributed by atoms with Gasteiger partial charge in [0.25, 0.3) is 0 Å². The third-order valence-electron chi connectivity index (χ3n) is 3.02. The molecule has 5 heteroatoms. The van der Waals surface area contributed by atoms with Gasteiger partial charge in [0.05, 0.1) is 11.8 Å². The average Bonchev–Trinajstić information content (AvgIpc) is 2.83. The van der Waals surface area contributed by atoms with Crippen LogP contribution in [0.5, 0.6) is 0 Å². The van der Waals surface area contributed by atoms with E-state index >= 15 is 0 Å². The number of hydrogen-bond donors (Lipinski definition) is 3. The van der Waals surface area contributed by atoms with Crippen LogP contribution < -0.4 is 0 Å². The first-order valence-electron chi connectivity index (χ1n) is 5.50. The van der Waals surface area contributed by atoms with Gasteiger partial charge in [-0.05, 0) is 31.4 Å². The Labute approximate surface area is 92.9 Å². The minimum absolute atomic E-state index is 0.215. The van der Waals surface area contributed by atoms with Crippen molar-refractivity contribution in [2.45, 2.75) is 32.3 Å². The Hall–Kier alpha value is -1.62. The molecule has 0 aromatic carbocycles. The number of rotatable bonds is 1. The largest absolute Gasteiger partial charge is 0.393 e. The van der Waals surface area contributed by atoms with Gasteiger partial charge in [0, 0.05) is 12.1 Å². The zero-order chi connectivity index (χ0) is 11.1. The van der Waals surface area contributed by atoms with Crippen molar-refractivity contribution >= 4 is 0 Å². The first kappa shape index (κ1) is 9.59. The van der Waals surface area contributed by atoms with Crippen LogP contribution >= 0.6 is 0 Å². The summed E-state index contributed by atoms with van der Waals surface area (Å²) in [6.45, 7) is 1.88. The number of nitrogens with one attached hydrogen (secondary N) is 2. The highest BCUT2D eigenvalue weighted by molar-refractivity contribution is 5.53. The molecule has 1 atom stereocenters. The summed E-state index contributed by atoms with van der Waals surface area (Å²) in [5, 5.41) is 16.5. The molecule has 0 bridgehead atoms. The number of fused-ring (bicyclic) bond motifs is 1. The maximum absolute atomic E-state index is 9.58. The molecule has 1 unspecified atom stereocenters. The highest BCUT2D eigenvalue weighted by Gasteiger charge is 2.20. The van der Waals surface area contributed by atoms with Gasteiger partial charge in [0.1, 0.15) is 5.82 Å². The topological polar surface area (TPSA) is 77.6 Å². The molecule has 0 spiro atoms. The van der Waals surface area contributed by atoms with Gasteiger partial charge in [-0.2, -0.15) is 5.10 Å². The van der Waals surface area contributed by atoms with Crippen LogP contribution in [0.1, 0.15) is 23.5 Å². The summed E-state index contributed by atoms with van der Waals surface area (Å²) in [5.74, 6) is 1.50. The molecule has 2 aromatic heterocycles. The Bertz CT molecular complexity index is 514. The molecule has 2 aromatic rings. The Morgan fingerprint density at radius 3 is 3.12 bits per heavy atom. The zero-order valence-corrected chi connectivity index (χ0v) is 9.12. The van der Waals surface area contributed by atoms with Crippen LogP contribution in [-0.2, 0) is 12.8 Å². The van der Waals surface area contributed by atoms with Gasteiger partial charge in [0.2, 0.25) is 0 Å². The number of aromatic amines is 2. The molecule has 3 N–H and O–H groups in total. The van der Waals surface area contributed by atoms with Crippen LogP contribution in [0.4, 0.5) is 0 Å². The number of aliphatic hydroxyl groups excluding tert-OH is 1. The molecule has 0 saturated heterocycles. The number of nitrogens with zero attached hydrogens (tertiary/aromatic N) is 2. The van der Waals surface area contributed by atoms with Gasteiger partial charge >= 0.3 is 0 Å². The second-order valence-corrected chi connectivity index (χ2v) is 4.33. The van der Waals surface area contributed by atoms with Crippen molar-refractivity contribution in [2.75, 3.05) is 0 Å². The van der Waals surface area contributed by atoms with E-state index < -0.39 is 0 Å². The molecule has 84 valence electrons. The molecule has 16 heavy (non-hydrogen) atoms. The van der Waals surface area contributed by atoms with Crippen LogP contribution in [0.3, 0.4) is 0 Å². The Balaban J connectivity index is 1.98. The van der Waals surface area contributed by atoms with Crippen LogP contribution in [0.2, 0.25) is 0 Å². The monoisotopic (exact) mass is 218 g/mol. The van der Waals surface area contributed by atoms with Crippen molar-refractivity contribution in [1.29, 1.82) is 0 Å². The second kappa shape index (κ2) is 3.45. The summed E-state index contributed by atoms with van der Waals surface area (Å²) in [7, 11) is 0. The molecule has 0 saturated carbocycles. The lowest BCUT2D eigenvalue weighted by atomic mass is 9.96. The van der Waals surface area contributed by atoms with Crippen molar-refractivity contribution in [2.24, 2.45) is 0 Å². The fraction of sp³-hybridized carbons (Fsp3) is 0.455. The molecule has 5 nitrogen and oxygen atoms in total. The van der Waals surface area contributed by atoms with Gasteiger partial charge in [-0.3, -0.25) is 5.10 Å². The number of hydrogen-bond acceptors (Lipinski definition) is 3. The van der Waals surface area contributed by atoms with E-state index in [1.54, 1.807) is 0 Å². The lowest BCUT2D eigenvalue weighted by Crippen LogP contribution is -2.17. The van der Waals surface area contributed by atoms with E-state index in [0.29, 0.717) is 12.2 Å². The Morgan fingerprint density at radius 1 is 1.50 bits per heavy atom. The quantitative estimate of drug-likeness (QED) is 0.667. The summed E-state index contributed by atoms with van der Waals surface area (Å²) in [5.41, 5.74) is 3.34. The summed E-state index contributed by atoms with van der Waals surface area (Å²) in [6.07, 6.45) is 2.26. The van der Waals surface area contributed by atoms with E-state index in [-0.39, 0.29) is 6.10 Å². The lowest BCUT2D eigenvalue weighted by molar-refractivity contribution is 0.157. The van der Waals surface area contributed by atoms with E-state index in [1.165, 1.54) is 5.56 Å². The first-order chi connectivity index (χ1) is 7.72. The van der Waals surface area contributed by atoms with Crippen molar-refractivity contribution in [1.82, 2.24) is 20.2 Å². The molecular formula is C11H14N4O. The van der Waals surface area contributed by atoms with Crippen molar-refractivity contribution < 1.29 is 5.11 Å². The molecular weight excluding hydrogens is 204 g/mol. The lowest BCUT2D eigenvalue weighted by Gasteiger charge is -2.16. The number of aromatic nitrogens is 4. The van der Waals surface area contributed by atoms with E-state index in [4.69, 9.17) is 0 Å². The van der Waals surface area contributed by atoms with Crippen LogP contribution in [0, 0.1) is 6.92 Å². The predicted octanol–water partition coefficient (Wildman–Crippen LogP) is 0.958. The predicted molar refractivity (Wildman–Crippen MR) is 58.9 cm³/mol. The van der Waals surface area contributed by atoms with Gasteiger partial charge in [-0.1, -0.05) is 0 Å². The smallest absolute Gasteiger partial charge is 0.197 e. The number of aryl methyl sites for hydroxylation is 2. The summed E-state index contributed by atoms with van der Waals surface area (Å²) < 4.78 is 0. The maximum Gasteiger partial charge on any atom is 0.197 e. The number of aliphatic hydroxyl groups is 1. The van der Waals surface area contributed by atoms with E-state index in [0.717, 1.165) is 30.1 Å². The fourth-order valence-corrected chi connectivity index (χ4v) is 2.19. The highest BCUT2D eigenvalue weighted by atomic mass is 16.3. The molecule has 1 aliphatic carbocycles. The Kier molecular flexibility index (Phi) is 2.07.